The first-order valence-electron chi connectivity index (χ1n) is 7.52. The molecule has 0 bridgehead atoms. The molecule has 2 aromatic carbocycles. The summed E-state index contributed by atoms with van der Waals surface area (Å²) in [5.41, 5.74) is 3.55. The number of aromatic nitrogens is 1. The molecule has 0 fully saturated rings. The number of aryl methyl sites for hydroxylation is 1. The molecule has 3 aromatic rings. The number of hydrogen-bond donors (Lipinski definition) is 1. The van der Waals surface area contributed by atoms with Crippen LogP contribution in [-0.2, 0) is 6.42 Å². The van der Waals surface area contributed by atoms with E-state index in [0.717, 1.165) is 40.6 Å². The molecule has 3 nitrogen and oxygen atoms in total. The van der Waals surface area contributed by atoms with Crippen molar-refractivity contribution in [2.45, 2.75) is 19.8 Å². The van der Waals surface area contributed by atoms with Gasteiger partial charge in [-0.05, 0) is 42.3 Å². The van der Waals surface area contributed by atoms with Crippen molar-refractivity contribution in [3.05, 3.63) is 71.9 Å². The molecule has 0 spiro atoms. The smallest absolute Gasteiger partial charge is 0.255 e. The van der Waals surface area contributed by atoms with E-state index in [4.69, 9.17) is 0 Å². The van der Waals surface area contributed by atoms with Crippen LogP contribution >= 0.6 is 0 Å². The Labute approximate surface area is 130 Å². The standard InChI is InChI=1S/C19H18N2O/c1-2-6-14-7-3-4-9-17(14)19(22)21-16-10-11-18-15(13-16)8-5-12-20-18/h3-5,7-13H,2,6H2,1H3,(H,21,22). The second-order valence-corrected chi connectivity index (χ2v) is 5.27. The lowest BCUT2D eigenvalue weighted by Gasteiger charge is -2.10. The fourth-order valence-corrected chi connectivity index (χ4v) is 2.58. The van der Waals surface area contributed by atoms with Gasteiger partial charge in [-0.15, -0.1) is 0 Å². The number of carbonyl (C=O) groups excluding carboxylic acids is 1. The van der Waals surface area contributed by atoms with Crippen molar-refractivity contribution < 1.29 is 4.79 Å². The highest BCUT2D eigenvalue weighted by Crippen LogP contribution is 2.19. The summed E-state index contributed by atoms with van der Waals surface area (Å²) in [7, 11) is 0. The van der Waals surface area contributed by atoms with Crippen molar-refractivity contribution in [1.82, 2.24) is 4.98 Å². The van der Waals surface area contributed by atoms with Crippen LogP contribution < -0.4 is 5.32 Å². The van der Waals surface area contributed by atoms with Crippen molar-refractivity contribution in [3.63, 3.8) is 0 Å². The van der Waals surface area contributed by atoms with Gasteiger partial charge in [0.25, 0.3) is 5.91 Å². The van der Waals surface area contributed by atoms with Crippen LogP contribution in [0.4, 0.5) is 5.69 Å². The van der Waals surface area contributed by atoms with E-state index in [2.05, 4.69) is 17.2 Å². The molecule has 1 heterocycles. The van der Waals surface area contributed by atoms with Crippen molar-refractivity contribution in [2.75, 3.05) is 5.32 Å². The number of hydrogen-bond acceptors (Lipinski definition) is 2. The third kappa shape index (κ3) is 2.98. The minimum Gasteiger partial charge on any atom is -0.322 e. The second-order valence-electron chi connectivity index (χ2n) is 5.27. The summed E-state index contributed by atoms with van der Waals surface area (Å²) in [5.74, 6) is -0.0627. The molecular weight excluding hydrogens is 272 g/mol. The van der Waals surface area contributed by atoms with Gasteiger partial charge in [-0.2, -0.15) is 0 Å². The number of nitrogens with one attached hydrogen (secondary N) is 1. The highest BCUT2D eigenvalue weighted by molar-refractivity contribution is 6.06. The monoisotopic (exact) mass is 290 g/mol. The zero-order valence-corrected chi connectivity index (χ0v) is 12.5. The maximum Gasteiger partial charge on any atom is 0.255 e. The van der Waals surface area contributed by atoms with Gasteiger partial charge >= 0.3 is 0 Å². The molecule has 0 aliphatic rings. The molecule has 22 heavy (non-hydrogen) atoms. The van der Waals surface area contributed by atoms with Crippen molar-refractivity contribution in [3.8, 4) is 0 Å². The van der Waals surface area contributed by atoms with E-state index < -0.39 is 0 Å². The average molecular weight is 290 g/mol. The maximum absolute atomic E-state index is 12.5. The number of amides is 1. The van der Waals surface area contributed by atoms with Crippen LogP contribution in [0.3, 0.4) is 0 Å². The molecule has 0 radical (unpaired) electrons. The predicted molar refractivity (Wildman–Crippen MR) is 90.1 cm³/mol. The lowest BCUT2D eigenvalue weighted by molar-refractivity contribution is 0.102. The molecule has 3 rings (SSSR count). The third-order valence-electron chi connectivity index (χ3n) is 3.64. The lowest BCUT2D eigenvalue weighted by Crippen LogP contribution is -2.14. The van der Waals surface area contributed by atoms with Crippen molar-refractivity contribution in [1.29, 1.82) is 0 Å². The Balaban J connectivity index is 1.86. The number of rotatable bonds is 4. The third-order valence-corrected chi connectivity index (χ3v) is 3.64. The number of pyridine rings is 1. The van der Waals surface area contributed by atoms with Crippen LogP contribution in [0.2, 0.25) is 0 Å². The molecule has 3 heteroatoms. The summed E-state index contributed by atoms with van der Waals surface area (Å²) in [6.07, 6.45) is 3.69. The van der Waals surface area contributed by atoms with Crippen molar-refractivity contribution in [2.24, 2.45) is 0 Å². The van der Waals surface area contributed by atoms with Gasteiger partial charge in [0.2, 0.25) is 0 Å². The van der Waals surface area contributed by atoms with E-state index in [-0.39, 0.29) is 5.91 Å². The first-order valence-corrected chi connectivity index (χ1v) is 7.52. The van der Waals surface area contributed by atoms with Gasteiger partial charge in [0.1, 0.15) is 0 Å². The molecule has 0 saturated heterocycles. The van der Waals surface area contributed by atoms with Crippen LogP contribution in [0.15, 0.2) is 60.8 Å². The molecule has 0 atom stereocenters. The van der Waals surface area contributed by atoms with Gasteiger partial charge in [0.15, 0.2) is 0 Å². The Hall–Kier alpha value is -2.68. The van der Waals surface area contributed by atoms with Crippen molar-refractivity contribution >= 4 is 22.5 Å². The van der Waals surface area contributed by atoms with Gasteiger partial charge in [0, 0.05) is 22.8 Å². The predicted octanol–water partition coefficient (Wildman–Crippen LogP) is 4.44. The summed E-state index contributed by atoms with van der Waals surface area (Å²) in [4.78, 5) is 16.8. The minimum atomic E-state index is -0.0627. The second kappa shape index (κ2) is 6.39. The first-order chi connectivity index (χ1) is 10.8. The number of anilines is 1. The average Bonchev–Trinajstić information content (AvgIpc) is 2.55. The normalized spacial score (nSPS) is 10.6. The van der Waals surface area contributed by atoms with E-state index in [9.17, 15) is 4.79 Å². The Morgan fingerprint density at radius 2 is 1.95 bits per heavy atom. The summed E-state index contributed by atoms with van der Waals surface area (Å²) in [5, 5.41) is 4.00. The van der Waals surface area contributed by atoms with Crippen LogP contribution in [0.5, 0.6) is 0 Å². The van der Waals surface area contributed by atoms with E-state index in [1.165, 1.54) is 0 Å². The van der Waals surface area contributed by atoms with Gasteiger partial charge in [0.05, 0.1) is 5.52 Å². The molecule has 0 aliphatic carbocycles. The van der Waals surface area contributed by atoms with E-state index in [0.29, 0.717) is 0 Å². The molecule has 0 saturated carbocycles. The molecule has 1 aromatic heterocycles. The Kier molecular flexibility index (Phi) is 4.15. The Morgan fingerprint density at radius 3 is 2.82 bits per heavy atom. The highest BCUT2D eigenvalue weighted by Gasteiger charge is 2.10. The maximum atomic E-state index is 12.5. The van der Waals surface area contributed by atoms with E-state index >= 15 is 0 Å². The summed E-state index contributed by atoms with van der Waals surface area (Å²) in [6.45, 7) is 2.12. The summed E-state index contributed by atoms with van der Waals surface area (Å²) < 4.78 is 0. The number of fused-ring (bicyclic) bond motifs is 1. The van der Waals surface area contributed by atoms with Crippen LogP contribution in [-0.4, -0.2) is 10.9 Å². The first kappa shape index (κ1) is 14.3. The molecule has 0 aliphatic heterocycles. The molecule has 1 N–H and O–H groups in total. The Morgan fingerprint density at radius 1 is 1.09 bits per heavy atom. The largest absolute Gasteiger partial charge is 0.322 e. The molecule has 1 amide bonds. The lowest BCUT2D eigenvalue weighted by atomic mass is 10.0. The highest BCUT2D eigenvalue weighted by atomic mass is 16.1. The zero-order chi connectivity index (χ0) is 15.4. The van der Waals surface area contributed by atoms with Gasteiger partial charge in [-0.1, -0.05) is 37.6 Å². The molecule has 0 unspecified atom stereocenters. The quantitative estimate of drug-likeness (QED) is 0.772. The number of benzene rings is 2. The number of nitrogens with zero attached hydrogens (tertiary/aromatic N) is 1. The van der Waals surface area contributed by atoms with Crippen LogP contribution in [0, 0.1) is 0 Å². The summed E-state index contributed by atoms with van der Waals surface area (Å²) in [6, 6.07) is 17.4. The van der Waals surface area contributed by atoms with Crippen LogP contribution in [0.25, 0.3) is 10.9 Å². The Bertz CT molecular complexity index is 811. The SMILES string of the molecule is CCCc1ccccc1C(=O)Nc1ccc2ncccc2c1. The van der Waals surface area contributed by atoms with Gasteiger partial charge in [-0.3, -0.25) is 9.78 Å². The molecular formula is C19H18N2O. The molecule has 110 valence electrons. The number of carbonyl (C=O) groups is 1. The fraction of sp³-hybridized carbons (Fsp3) is 0.158. The van der Waals surface area contributed by atoms with Gasteiger partial charge in [-0.25, -0.2) is 0 Å². The van der Waals surface area contributed by atoms with Crippen LogP contribution in [0.1, 0.15) is 29.3 Å². The van der Waals surface area contributed by atoms with E-state index in [1.807, 2.05) is 54.6 Å². The topological polar surface area (TPSA) is 42.0 Å². The van der Waals surface area contributed by atoms with Gasteiger partial charge < -0.3 is 5.32 Å². The summed E-state index contributed by atoms with van der Waals surface area (Å²) >= 11 is 0. The fourth-order valence-electron chi connectivity index (χ4n) is 2.58. The zero-order valence-electron chi connectivity index (χ0n) is 12.5. The van der Waals surface area contributed by atoms with E-state index in [1.54, 1.807) is 6.20 Å². The minimum absolute atomic E-state index is 0.0627.